The fraction of sp³-hybridized carbons (Fsp3) is 0.312. The van der Waals surface area contributed by atoms with E-state index < -0.39 is 11.6 Å². The Balaban J connectivity index is 1.71. The Morgan fingerprint density at radius 3 is 2.48 bits per heavy atom. The van der Waals surface area contributed by atoms with Crippen molar-refractivity contribution in [3.05, 3.63) is 56.4 Å². The number of carbonyl (C=O) groups excluding carboxylic acids is 1. The van der Waals surface area contributed by atoms with Crippen LogP contribution in [-0.4, -0.2) is 46.8 Å². The Morgan fingerprint density at radius 2 is 1.84 bits per heavy atom. The lowest BCUT2D eigenvalue weighted by Crippen LogP contribution is -2.49. The number of aryl methyl sites for hydroxylation is 1. The fourth-order valence-electron chi connectivity index (χ4n) is 2.68. The Morgan fingerprint density at radius 1 is 1.16 bits per heavy atom. The van der Waals surface area contributed by atoms with Gasteiger partial charge in [0.1, 0.15) is 4.47 Å². The quantitative estimate of drug-likeness (QED) is 0.754. The van der Waals surface area contributed by atoms with Gasteiger partial charge in [-0.15, -0.1) is 0 Å². The highest BCUT2D eigenvalue weighted by Gasteiger charge is 2.24. The monoisotopic (exact) mass is 412 g/mol. The van der Waals surface area contributed by atoms with Gasteiger partial charge in [0.15, 0.2) is 11.6 Å². The number of rotatable bonds is 2. The summed E-state index contributed by atoms with van der Waals surface area (Å²) in [6.45, 7) is 1.81. The Hall–Kier alpha value is -2.29. The number of piperazine rings is 1. The molecule has 3 rings (SSSR count). The Kier molecular flexibility index (Phi) is 4.85. The zero-order valence-corrected chi connectivity index (χ0v) is 15.0. The highest BCUT2D eigenvalue weighted by Crippen LogP contribution is 2.23. The third-order valence-corrected chi connectivity index (χ3v) is 4.88. The van der Waals surface area contributed by atoms with Crippen molar-refractivity contribution in [3.8, 4) is 0 Å². The molecule has 0 aliphatic carbocycles. The van der Waals surface area contributed by atoms with Crippen molar-refractivity contribution in [2.45, 2.75) is 0 Å². The molecule has 1 saturated heterocycles. The minimum atomic E-state index is -1.04. The van der Waals surface area contributed by atoms with Crippen LogP contribution in [0.3, 0.4) is 0 Å². The number of carbonyl (C=O) groups is 1. The number of benzene rings is 1. The molecule has 0 saturated carbocycles. The predicted molar refractivity (Wildman–Crippen MR) is 91.7 cm³/mol. The van der Waals surface area contributed by atoms with E-state index in [1.54, 1.807) is 18.1 Å². The van der Waals surface area contributed by atoms with Crippen molar-refractivity contribution >= 4 is 27.5 Å². The zero-order chi connectivity index (χ0) is 18.1. The summed E-state index contributed by atoms with van der Waals surface area (Å²) in [7, 11) is 1.56. The summed E-state index contributed by atoms with van der Waals surface area (Å²) in [5.74, 6) is -2.37. The van der Waals surface area contributed by atoms with Crippen molar-refractivity contribution in [1.29, 1.82) is 0 Å². The summed E-state index contributed by atoms with van der Waals surface area (Å²) in [6.07, 6.45) is 1.60. The molecule has 0 unspecified atom stereocenters. The van der Waals surface area contributed by atoms with Gasteiger partial charge in [-0.1, -0.05) is 0 Å². The molecule has 0 N–H and O–H groups in total. The summed E-state index contributed by atoms with van der Waals surface area (Å²) in [6, 6.07) is 3.13. The number of halogens is 3. The molecule has 1 fully saturated rings. The molecule has 9 heteroatoms. The number of anilines is 1. The Labute approximate surface area is 150 Å². The maximum Gasteiger partial charge on any atom is 0.282 e. The van der Waals surface area contributed by atoms with Crippen LogP contribution >= 0.6 is 15.9 Å². The minimum Gasteiger partial charge on any atom is -0.366 e. The van der Waals surface area contributed by atoms with Crippen LogP contribution in [0.1, 0.15) is 10.4 Å². The molecule has 1 aliphatic heterocycles. The normalized spacial score (nSPS) is 14.7. The summed E-state index contributed by atoms with van der Waals surface area (Å²) in [4.78, 5) is 27.9. The molecule has 0 spiro atoms. The van der Waals surface area contributed by atoms with Gasteiger partial charge < -0.3 is 9.80 Å². The molecule has 2 aromatic rings. The van der Waals surface area contributed by atoms with Gasteiger partial charge in [-0.2, -0.15) is 5.10 Å². The maximum atomic E-state index is 13.3. The van der Waals surface area contributed by atoms with Crippen LogP contribution in [0.4, 0.5) is 14.5 Å². The number of aromatic nitrogens is 2. The molecule has 6 nitrogen and oxygen atoms in total. The van der Waals surface area contributed by atoms with Crippen LogP contribution in [0, 0.1) is 11.6 Å². The first-order valence-corrected chi connectivity index (χ1v) is 8.39. The van der Waals surface area contributed by atoms with Gasteiger partial charge in [-0.3, -0.25) is 9.59 Å². The van der Waals surface area contributed by atoms with Crippen molar-refractivity contribution in [1.82, 2.24) is 14.7 Å². The average Bonchev–Trinajstić information content (AvgIpc) is 2.62. The van der Waals surface area contributed by atoms with E-state index in [9.17, 15) is 18.4 Å². The smallest absolute Gasteiger partial charge is 0.282 e. The van der Waals surface area contributed by atoms with Gasteiger partial charge in [0.2, 0.25) is 0 Å². The predicted octanol–water partition coefficient (Wildman–Crippen LogP) is 1.78. The van der Waals surface area contributed by atoms with Crippen molar-refractivity contribution in [3.63, 3.8) is 0 Å². The summed E-state index contributed by atoms with van der Waals surface area (Å²) in [5.41, 5.74) is 0.546. The van der Waals surface area contributed by atoms with E-state index in [0.717, 1.165) is 12.1 Å². The summed E-state index contributed by atoms with van der Waals surface area (Å²) < 4.78 is 28.0. The molecular formula is C16H15BrF2N4O2. The molecule has 1 aromatic heterocycles. The SMILES string of the molecule is Cn1ncc(N2CCN(C(=O)c3ccc(F)c(F)c3)CC2)c(Br)c1=O. The average molecular weight is 413 g/mol. The summed E-state index contributed by atoms with van der Waals surface area (Å²) >= 11 is 3.29. The van der Waals surface area contributed by atoms with E-state index in [1.807, 2.05) is 4.90 Å². The molecule has 132 valence electrons. The van der Waals surface area contributed by atoms with E-state index in [2.05, 4.69) is 21.0 Å². The highest BCUT2D eigenvalue weighted by atomic mass is 79.9. The van der Waals surface area contributed by atoms with Crippen LogP contribution in [0.15, 0.2) is 33.7 Å². The van der Waals surface area contributed by atoms with Crippen LogP contribution in [-0.2, 0) is 7.05 Å². The first-order chi connectivity index (χ1) is 11.9. The van der Waals surface area contributed by atoms with Gasteiger partial charge >= 0.3 is 0 Å². The van der Waals surface area contributed by atoms with E-state index in [1.165, 1.54) is 10.7 Å². The zero-order valence-electron chi connectivity index (χ0n) is 13.4. The van der Waals surface area contributed by atoms with E-state index >= 15 is 0 Å². The third kappa shape index (κ3) is 3.41. The Bertz CT molecular complexity index is 879. The molecule has 1 amide bonds. The minimum absolute atomic E-state index is 0.115. The first-order valence-electron chi connectivity index (χ1n) is 7.59. The van der Waals surface area contributed by atoms with Gasteiger partial charge in [0, 0.05) is 38.8 Å². The lowest BCUT2D eigenvalue weighted by Gasteiger charge is -2.36. The second kappa shape index (κ2) is 6.91. The largest absolute Gasteiger partial charge is 0.366 e. The molecule has 2 heterocycles. The lowest BCUT2D eigenvalue weighted by atomic mass is 10.1. The van der Waals surface area contributed by atoms with Gasteiger partial charge in [0.25, 0.3) is 11.5 Å². The van der Waals surface area contributed by atoms with Crippen LogP contribution < -0.4 is 10.5 Å². The van der Waals surface area contributed by atoms with Gasteiger partial charge in [-0.05, 0) is 34.1 Å². The summed E-state index contributed by atoms with van der Waals surface area (Å²) in [5, 5.41) is 4.01. The second-order valence-corrected chi connectivity index (χ2v) is 6.47. The molecular weight excluding hydrogens is 398 g/mol. The number of hydrogen-bond donors (Lipinski definition) is 0. The second-order valence-electron chi connectivity index (χ2n) is 5.68. The van der Waals surface area contributed by atoms with Crippen molar-refractivity contribution < 1.29 is 13.6 Å². The number of hydrogen-bond acceptors (Lipinski definition) is 4. The molecule has 0 atom stereocenters. The molecule has 1 aromatic carbocycles. The van der Waals surface area contributed by atoms with Crippen LogP contribution in [0.25, 0.3) is 0 Å². The maximum absolute atomic E-state index is 13.3. The van der Waals surface area contributed by atoms with E-state index in [4.69, 9.17) is 0 Å². The number of nitrogens with zero attached hydrogens (tertiary/aromatic N) is 4. The first kappa shape index (κ1) is 17.5. The number of amides is 1. The third-order valence-electron chi connectivity index (χ3n) is 4.13. The van der Waals surface area contributed by atoms with E-state index in [-0.39, 0.29) is 17.0 Å². The van der Waals surface area contributed by atoms with Crippen molar-refractivity contribution in [2.24, 2.45) is 7.05 Å². The molecule has 25 heavy (non-hydrogen) atoms. The standard InChI is InChI=1S/C16H15BrF2N4O2/c1-21-16(25)14(17)13(9-20-21)22-4-6-23(7-5-22)15(24)10-2-3-11(18)12(19)8-10/h2-3,8-9H,4-7H2,1H3. The van der Waals surface area contributed by atoms with E-state index in [0.29, 0.717) is 36.3 Å². The lowest BCUT2D eigenvalue weighted by molar-refractivity contribution is 0.0746. The van der Waals surface area contributed by atoms with Crippen LogP contribution in [0.5, 0.6) is 0 Å². The molecule has 0 bridgehead atoms. The highest BCUT2D eigenvalue weighted by molar-refractivity contribution is 9.10. The van der Waals surface area contributed by atoms with Crippen LogP contribution in [0.2, 0.25) is 0 Å². The molecule has 1 aliphatic rings. The van der Waals surface area contributed by atoms with Gasteiger partial charge in [0.05, 0.1) is 11.9 Å². The molecule has 0 radical (unpaired) electrons. The van der Waals surface area contributed by atoms with Crippen molar-refractivity contribution in [2.75, 3.05) is 31.1 Å². The fourth-order valence-corrected chi connectivity index (χ4v) is 3.29. The topological polar surface area (TPSA) is 58.4 Å². The van der Waals surface area contributed by atoms with Gasteiger partial charge in [-0.25, -0.2) is 13.5 Å².